The lowest BCUT2D eigenvalue weighted by atomic mass is 10.2. The van der Waals surface area contributed by atoms with Crippen LogP contribution in [0.4, 0.5) is 11.6 Å². The van der Waals surface area contributed by atoms with Crippen molar-refractivity contribution >= 4 is 27.4 Å². The molecule has 2 saturated heterocycles. The van der Waals surface area contributed by atoms with Crippen LogP contribution in [-0.4, -0.2) is 92.8 Å². The molecule has 1 aromatic heterocycles. The Morgan fingerprint density at radius 1 is 0.875 bits per heavy atom. The Morgan fingerprint density at radius 2 is 1.44 bits per heavy atom. The van der Waals surface area contributed by atoms with E-state index in [0.717, 1.165) is 37.8 Å². The zero-order valence-electron chi connectivity index (χ0n) is 18.9. The van der Waals surface area contributed by atoms with Crippen LogP contribution in [0, 0.1) is 6.92 Å². The van der Waals surface area contributed by atoms with Gasteiger partial charge in [0.25, 0.3) is 0 Å². The van der Waals surface area contributed by atoms with Gasteiger partial charge in [-0.25, -0.2) is 18.4 Å². The zero-order chi connectivity index (χ0) is 22.9. The first-order valence-electron chi connectivity index (χ1n) is 10.9. The fourth-order valence-corrected chi connectivity index (χ4v) is 5.55. The summed E-state index contributed by atoms with van der Waals surface area (Å²) in [4.78, 5) is 27.8. The highest BCUT2D eigenvalue weighted by molar-refractivity contribution is 7.89. The molecule has 0 spiro atoms. The summed E-state index contributed by atoms with van der Waals surface area (Å²) in [5.41, 5.74) is 0.401. The summed E-state index contributed by atoms with van der Waals surface area (Å²) >= 11 is 0. The van der Waals surface area contributed by atoms with E-state index in [0.29, 0.717) is 37.6 Å². The van der Waals surface area contributed by atoms with Crippen molar-refractivity contribution in [2.24, 2.45) is 0 Å². The number of sulfonamides is 1. The molecule has 0 atom stereocenters. The van der Waals surface area contributed by atoms with Gasteiger partial charge in [-0.3, -0.25) is 4.79 Å². The molecular weight excluding hydrogens is 428 g/mol. The molecule has 2 aliphatic rings. The van der Waals surface area contributed by atoms with E-state index in [4.69, 9.17) is 0 Å². The number of anilines is 2. The molecule has 4 rings (SSSR count). The number of benzene rings is 1. The van der Waals surface area contributed by atoms with Crippen LogP contribution in [-0.2, 0) is 10.0 Å². The third-order valence-electron chi connectivity index (χ3n) is 6.08. The van der Waals surface area contributed by atoms with Gasteiger partial charge in [0.05, 0.1) is 4.90 Å². The molecule has 0 bridgehead atoms. The lowest BCUT2D eigenvalue weighted by Gasteiger charge is -2.36. The van der Waals surface area contributed by atoms with Crippen LogP contribution in [0.3, 0.4) is 0 Å². The quantitative estimate of drug-likeness (QED) is 0.619. The Hall–Kier alpha value is -2.56. The van der Waals surface area contributed by atoms with Crippen LogP contribution in [0.1, 0.15) is 23.1 Å². The molecule has 2 aromatic rings. The molecule has 0 radical (unpaired) electrons. The largest absolute Gasteiger partial charge is 0.354 e. The standard InChI is InChI=1S/C22H30N6O3S/c1-17(29)19-5-4-6-20(15-19)32(30,31)28-13-11-27(12-14-28)22-16-21(23-18(2)24-22)26-9-7-25(3)8-10-26/h4-6,15-16H,7-14H2,1-3H3. The van der Waals surface area contributed by atoms with Crippen LogP contribution in [0.15, 0.2) is 35.2 Å². The van der Waals surface area contributed by atoms with E-state index in [1.54, 1.807) is 18.2 Å². The van der Waals surface area contributed by atoms with Gasteiger partial charge in [-0.05, 0) is 33.0 Å². The second-order valence-corrected chi connectivity index (χ2v) is 10.3. The first kappa shape index (κ1) is 22.6. The van der Waals surface area contributed by atoms with Crippen molar-refractivity contribution in [2.45, 2.75) is 18.7 Å². The van der Waals surface area contributed by atoms with Crippen molar-refractivity contribution in [3.05, 3.63) is 41.7 Å². The third kappa shape index (κ3) is 4.77. The van der Waals surface area contributed by atoms with Crippen LogP contribution in [0.5, 0.6) is 0 Å². The maximum absolute atomic E-state index is 13.1. The molecule has 9 nitrogen and oxygen atoms in total. The van der Waals surface area contributed by atoms with Crippen molar-refractivity contribution in [3.63, 3.8) is 0 Å². The molecule has 10 heteroatoms. The van der Waals surface area contributed by atoms with Gasteiger partial charge < -0.3 is 14.7 Å². The fraction of sp³-hybridized carbons (Fsp3) is 0.500. The lowest BCUT2D eigenvalue weighted by Crippen LogP contribution is -2.49. The minimum atomic E-state index is -3.65. The first-order chi connectivity index (χ1) is 15.2. The molecule has 2 fully saturated rings. The maximum atomic E-state index is 13.1. The van der Waals surface area contributed by atoms with Crippen molar-refractivity contribution in [3.8, 4) is 0 Å². The van der Waals surface area contributed by atoms with Gasteiger partial charge in [-0.2, -0.15) is 4.31 Å². The number of piperazine rings is 2. The number of nitrogens with zero attached hydrogens (tertiary/aromatic N) is 6. The second-order valence-electron chi connectivity index (χ2n) is 8.40. The van der Waals surface area contributed by atoms with E-state index < -0.39 is 10.0 Å². The Bertz CT molecular complexity index is 1090. The normalized spacial score (nSPS) is 18.7. The maximum Gasteiger partial charge on any atom is 0.243 e. The van der Waals surface area contributed by atoms with Crippen LogP contribution >= 0.6 is 0 Å². The number of Topliss-reactive ketones (excluding diaryl/α,β-unsaturated/α-hetero) is 1. The SMILES string of the molecule is CC(=O)c1cccc(S(=O)(=O)N2CCN(c3cc(N4CCN(C)CC4)nc(C)n3)CC2)c1. The molecular formula is C22H30N6O3S. The highest BCUT2D eigenvalue weighted by Gasteiger charge is 2.30. The highest BCUT2D eigenvalue weighted by atomic mass is 32.2. The Morgan fingerprint density at radius 3 is 2.00 bits per heavy atom. The number of aromatic nitrogens is 2. The van der Waals surface area contributed by atoms with Gasteiger partial charge >= 0.3 is 0 Å². The predicted octanol–water partition coefficient (Wildman–Crippen LogP) is 1.25. The molecule has 0 aliphatic carbocycles. The lowest BCUT2D eigenvalue weighted by molar-refractivity contribution is 0.101. The van der Waals surface area contributed by atoms with Gasteiger partial charge in [-0.1, -0.05) is 12.1 Å². The summed E-state index contributed by atoms with van der Waals surface area (Å²) in [7, 11) is -1.53. The number of rotatable bonds is 5. The molecule has 3 heterocycles. The van der Waals surface area contributed by atoms with Crippen LogP contribution in [0.25, 0.3) is 0 Å². The molecule has 0 amide bonds. The molecule has 172 valence electrons. The molecule has 1 aromatic carbocycles. The summed E-state index contributed by atoms with van der Waals surface area (Å²) in [5, 5.41) is 0. The van der Waals surface area contributed by atoms with E-state index in [9.17, 15) is 13.2 Å². The minimum absolute atomic E-state index is 0.151. The van der Waals surface area contributed by atoms with Gasteiger partial charge in [0.15, 0.2) is 5.78 Å². The van der Waals surface area contributed by atoms with Crippen molar-refractivity contribution < 1.29 is 13.2 Å². The molecule has 0 unspecified atom stereocenters. The smallest absolute Gasteiger partial charge is 0.243 e. The number of ketones is 1. The average molecular weight is 459 g/mol. The molecule has 0 saturated carbocycles. The van der Waals surface area contributed by atoms with Gasteiger partial charge in [0, 0.05) is 64.0 Å². The topological polar surface area (TPSA) is 90.0 Å². The average Bonchev–Trinajstić information content (AvgIpc) is 2.79. The van der Waals surface area contributed by atoms with E-state index in [1.807, 2.05) is 13.0 Å². The van der Waals surface area contributed by atoms with E-state index in [2.05, 4.69) is 31.7 Å². The van der Waals surface area contributed by atoms with Gasteiger partial charge in [-0.15, -0.1) is 0 Å². The number of hydrogen-bond donors (Lipinski definition) is 0. The van der Waals surface area contributed by atoms with Crippen LogP contribution in [0.2, 0.25) is 0 Å². The molecule has 0 N–H and O–H groups in total. The number of carbonyl (C=O) groups is 1. The second kappa shape index (κ2) is 9.13. The summed E-state index contributed by atoms with van der Waals surface area (Å²) in [5.74, 6) is 2.33. The minimum Gasteiger partial charge on any atom is -0.354 e. The van der Waals surface area contributed by atoms with Gasteiger partial charge in [0.2, 0.25) is 10.0 Å². The Balaban J connectivity index is 1.47. The highest BCUT2D eigenvalue weighted by Crippen LogP contribution is 2.24. The molecule has 2 aliphatic heterocycles. The first-order valence-corrected chi connectivity index (χ1v) is 12.3. The Labute approximate surface area is 189 Å². The van der Waals surface area contributed by atoms with Crippen molar-refractivity contribution in [1.82, 2.24) is 19.2 Å². The third-order valence-corrected chi connectivity index (χ3v) is 7.97. The van der Waals surface area contributed by atoms with E-state index in [1.165, 1.54) is 17.3 Å². The van der Waals surface area contributed by atoms with E-state index >= 15 is 0 Å². The monoisotopic (exact) mass is 458 g/mol. The summed E-state index contributed by atoms with van der Waals surface area (Å²) < 4.78 is 27.7. The summed E-state index contributed by atoms with van der Waals surface area (Å²) in [6, 6.07) is 8.27. The van der Waals surface area contributed by atoms with Crippen molar-refractivity contribution in [2.75, 3.05) is 69.2 Å². The fourth-order valence-electron chi connectivity index (χ4n) is 4.08. The van der Waals surface area contributed by atoms with Crippen LogP contribution < -0.4 is 9.80 Å². The zero-order valence-corrected chi connectivity index (χ0v) is 19.7. The summed E-state index contributed by atoms with van der Waals surface area (Å²) in [6.07, 6.45) is 0. The number of hydrogen-bond acceptors (Lipinski definition) is 8. The predicted molar refractivity (Wildman–Crippen MR) is 124 cm³/mol. The number of likely N-dealkylation sites (N-methyl/N-ethyl adjacent to an activating group) is 1. The molecule has 32 heavy (non-hydrogen) atoms. The number of carbonyl (C=O) groups excluding carboxylic acids is 1. The van der Waals surface area contributed by atoms with E-state index in [-0.39, 0.29) is 10.7 Å². The number of aryl methyl sites for hydroxylation is 1. The summed E-state index contributed by atoms with van der Waals surface area (Å²) in [6.45, 7) is 9.00. The van der Waals surface area contributed by atoms with Gasteiger partial charge in [0.1, 0.15) is 17.5 Å². The Kier molecular flexibility index (Phi) is 6.45. The van der Waals surface area contributed by atoms with Crippen molar-refractivity contribution in [1.29, 1.82) is 0 Å².